The van der Waals surface area contributed by atoms with Gasteiger partial charge in [-0.15, -0.1) is 0 Å². The van der Waals surface area contributed by atoms with Crippen LogP contribution in [0.3, 0.4) is 0 Å². The maximum Gasteiger partial charge on any atom is 0.292 e. The van der Waals surface area contributed by atoms with Gasteiger partial charge in [0.05, 0.1) is 4.92 Å². The van der Waals surface area contributed by atoms with Crippen LogP contribution in [0, 0.1) is 10.1 Å². The number of nitrogens with one attached hydrogen (secondary N) is 1. The molecule has 4 nitrogen and oxygen atoms in total. The lowest BCUT2D eigenvalue weighted by Crippen LogP contribution is -2.20. The van der Waals surface area contributed by atoms with E-state index in [-0.39, 0.29) is 11.7 Å². The van der Waals surface area contributed by atoms with E-state index in [1.54, 1.807) is 6.07 Å². The van der Waals surface area contributed by atoms with Gasteiger partial charge in [-0.2, -0.15) is 0 Å². The van der Waals surface area contributed by atoms with Crippen molar-refractivity contribution >= 4 is 34.6 Å². The molecule has 108 valence electrons. The number of halogens is 2. The Labute approximate surface area is 131 Å². The molecule has 21 heavy (non-hydrogen) atoms. The molecule has 1 unspecified atom stereocenters. The van der Waals surface area contributed by atoms with Gasteiger partial charge >= 0.3 is 0 Å². The van der Waals surface area contributed by atoms with Crippen LogP contribution in [0.25, 0.3) is 0 Å². The number of hydrogen-bond donors (Lipinski definition) is 1. The number of rotatable bonds is 3. The van der Waals surface area contributed by atoms with Gasteiger partial charge in [0, 0.05) is 22.2 Å². The molecule has 0 aliphatic heterocycles. The quantitative estimate of drug-likeness (QED) is 0.669. The molecule has 2 aromatic carbocycles. The van der Waals surface area contributed by atoms with Crippen LogP contribution in [0.4, 0.5) is 11.4 Å². The number of nitrogens with zero attached hydrogens (tertiary/aromatic N) is 1. The molecular formula is C15H12Cl2N2O2. The summed E-state index contributed by atoms with van der Waals surface area (Å²) in [6.45, 7) is 0. The normalized spacial score (nSPS) is 16.6. The highest BCUT2D eigenvalue weighted by molar-refractivity contribution is 6.31. The molecular weight excluding hydrogens is 311 g/mol. The van der Waals surface area contributed by atoms with Gasteiger partial charge < -0.3 is 5.32 Å². The molecule has 0 bridgehead atoms. The van der Waals surface area contributed by atoms with Gasteiger partial charge in [-0.3, -0.25) is 10.1 Å². The zero-order chi connectivity index (χ0) is 15.0. The van der Waals surface area contributed by atoms with Gasteiger partial charge in [-0.25, -0.2) is 0 Å². The van der Waals surface area contributed by atoms with Crippen LogP contribution in [0.15, 0.2) is 36.4 Å². The molecule has 1 atom stereocenters. The summed E-state index contributed by atoms with van der Waals surface area (Å²) in [5, 5.41) is 15.5. The Morgan fingerprint density at radius 3 is 2.48 bits per heavy atom. The van der Waals surface area contributed by atoms with E-state index >= 15 is 0 Å². The predicted octanol–water partition coefficient (Wildman–Crippen LogP) is 4.48. The molecule has 0 saturated heterocycles. The third kappa shape index (κ3) is 2.96. The topological polar surface area (TPSA) is 55.2 Å². The first-order valence-corrected chi connectivity index (χ1v) is 7.26. The number of anilines is 1. The molecule has 0 aromatic heterocycles. The number of fused-ring (bicyclic) bond motifs is 1. The van der Waals surface area contributed by atoms with Gasteiger partial charge in [0.25, 0.3) is 5.69 Å². The average Bonchev–Trinajstić information content (AvgIpc) is 2.79. The van der Waals surface area contributed by atoms with Crippen molar-refractivity contribution in [1.29, 1.82) is 0 Å². The predicted molar refractivity (Wildman–Crippen MR) is 84.4 cm³/mol. The summed E-state index contributed by atoms with van der Waals surface area (Å²) in [5.74, 6) is 0. The first kappa shape index (κ1) is 14.2. The number of nitro groups is 1. The molecule has 1 aliphatic rings. The van der Waals surface area contributed by atoms with Crippen LogP contribution >= 0.6 is 23.2 Å². The van der Waals surface area contributed by atoms with E-state index in [4.69, 9.17) is 23.2 Å². The summed E-state index contributed by atoms with van der Waals surface area (Å²) < 4.78 is 0. The Bertz CT molecular complexity index is 719. The molecule has 0 radical (unpaired) electrons. The Morgan fingerprint density at radius 1 is 1.05 bits per heavy atom. The van der Waals surface area contributed by atoms with Crippen LogP contribution in [-0.2, 0) is 12.8 Å². The molecule has 3 rings (SSSR count). The minimum absolute atomic E-state index is 0.0355. The molecule has 0 heterocycles. The van der Waals surface area contributed by atoms with E-state index in [0.717, 1.165) is 12.8 Å². The molecule has 0 fully saturated rings. The molecule has 2 aromatic rings. The maximum atomic E-state index is 11.1. The van der Waals surface area contributed by atoms with Crippen molar-refractivity contribution in [2.45, 2.75) is 18.9 Å². The number of benzene rings is 2. The van der Waals surface area contributed by atoms with Crippen LogP contribution in [0.2, 0.25) is 10.0 Å². The average molecular weight is 323 g/mol. The van der Waals surface area contributed by atoms with Crippen LogP contribution in [0.1, 0.15) is 11.1 Å². The van der Waals surface area contributed by atoms with Crippen molar-refractivity contribution in [3.63, 3.8) is 0 Å². The van der Waals surface area contributed by atoms with E-state index in [1.807, 2.05) is 18.2 Å². The van der Waals surface area contributed by atoms with Gasteiger partial charge in [0.2, 0.25) is 0 Å². The maximum absolute atomic E-state index is 11.1. The van der Waals surface area contributed by atoms with Crippen molar-refractivity contribution < 1.29 is 4.92 Å². The van der Waals surface area contributed by atoms with Crippen molar-refractivity contribution in [2.24, 2.45) is 0 Å². The Kier molecular flexibility index (Phi) is 3.74. The van der Waals surface area contributed by atoms with Crippen molar-refractivity contribution in [1.82, 2.24) is 0 Å². The fraction of sp³-hybridized carbons (Fsp3) is 0.200. The summed E-state index contributed by atoms with van der Waals surface area (Å²) in [6.07, 6.45) is 1.61. The van der Waals surface area contributed by atoms with E-state index in [1.165, 1.54) is 23.3 Å². The minimum Gasteiger partial charge on any atom is -0.376 e. The first-order valence-electron chi connectivity index (χ1n) is 6.51. The highest BCUT2D eigenvalue weighted by Crippen LogP contribution is 2.32. The molecule has 1 aliphatic carbocycles. The van der Waals surface area contributed by atoms with Crippen molar-refractivity contribution in [2.75, 3.05) is 5.32 Å². The summed E-state index contributed by atoms with van der Waals surface area (Å²) in [4.78, 5) is 10.7. The van der Waals surface area contributed by atoms with Gasteiger partial charge in [-0.05, 0) is 48.2 Å². The lowest BCUT2D eigenvalue weighted by molar-refractivity contribution is -0.384. The molecule has 0 saturated carbocycles. The van der Waals surface area contributed by atoms with E-state index in [2.05, 4.69) is 5.32 Å². The SMILES string of the molecule is O=[N+]([O-])c1ccc(Cl)cc1NC1Cc2ccc(Cl)cc2C1. The zero-order valence-corrected chi connectivity index (χ0v) is 12.5. The van der Waals surface area contributed by atoms with E-state index < -0.39 is 4.92 Å². The van der Waals surface area contributed by atoms with Crippen LogP contribution in [0.5, 0.6) is 0 Å². The molecule has 0 amide bonds. The summed E-state index contributed by atoms with van der Waals surface area (Å²) in [7, 11) is 0. The zero-order valence-electron chi connectivity index (χ0n) is 11.0. The second kappa shape index (κ2) is 5.54. The van der Waals surface area contributed by atoms with Gasteiger partial charge in [-0.1, -0.05) is 29.3 Å². The molecule has 1 N–H and O–H groups in total. The third-order valence-electron chi connectivity index (χ3n) is 3.62. The van der Waals surface area contributed by atoms with Crippen molar-refractivity contribution in [3.8, 4) is 0 Å². The lowest BCUT2D eigenvalue weighted by Gasteiger charge is -2.13. The standard InChI is InChI=1S/C15H12Cl2N2O2/c16-11-2-1-9-6-13(7-10(9)5-11)18-14-8-12(17)3-4-15(14)19(20)21/h1-5,8,13,18H,6-7H2. The Morgan fingerprint density at radius 2 is 1.71 bits per heavy atom. The van der Waals surface area contributed by atoms with Crippen LogP contribution < -0.4 is 5.32 Å². The highest BCUT2D eigenvalue weighted by Gasteiger charge is 2.24. The second-order valence-corrected chi connectivity index (χ2v) is 5.95. The highest BCUT2D eigenvalue weighted by atomic mass is 35.5. The third-order valence-corrected chi connectivity index (χ3v) is 4.09. The fourth-order valence-electron chi connectivity index (χ4n) is 2.69. The smallest absolute Gasteiger partial charge is 0.292 e. The second-order valence-electron chi connectivity index (χ2n) is 5.08. The first-order chi connectivity index (χ1) is 10.0. The molecule has 0 spiro atoms. The largest absolute Gasteiger partial charge is 0.376 e. The monoisotopic (exact) mass is 322 g/mol. The van der Waals surface area contributed by atoms with E-state index in [0.29, 0.717) is 15.7 Å². The summed E-state index contributed by atoms with van der Waals surface area (Å²) in [5.41, 5.74) is 2.90. The van der Waals surface area contributed by atoms with Crippen LogP contribution in [-0.4, -0.2) is 11.0 Å². The van der Waals surface area contributed by atoms with E-state index in [9.17, 15) is 10.1 Å². The number of hydrogen-bond acceptors (Lipinski definition) is 3. The Balaban J connectivity index is 1.83. The van der Waals surface area contributed by atoms with Crippen molar-refractivity contribution in [3.05, 3.63) is 67.7 Å². The van der Waals surface area contributed by atoms with Gasteiger partial charge in [0.1, 0.15) is 5.69 Å². The van der Waals surface area contributed by atoms with Gasteiger partial charge in [0.15, 0.2) is 0 Å². The minimum atomic E-state index is -0.405. The lowest BCUT2D eigenvalue weighted by atomic mass is 10.1. The molecule has 6 heteroatoms. The Hall–Kier alpha value is -1.78. The summed E-state index contributed by atoms with van der Waals surface area (Å²) >= 11 is 11.9. The fourth-order valence-corrected chi connectivity index (χ4v) is 3.06. The summed E-state index contributed by atoms with van der Waals surface area (Å²) in [6, 6.07) is 10.5. The number of nitro benzene ring substituents is 1.